The molecule has 1 aliphatic heterocycles. The highest BCUT2D eigenvalue weighted by Gasteiger charge is 2.22. The first-order chi connectivity index (χ1) is 11.5. The zero-order valence-electron chi connectivity index (χ0n) is 13.4. The summed E-state index contributed by atoms with van der Waals surface area (Å²) in [6.07, 6.45) is 1.85. The van der Waals surface area contributed by atoms with Gasteiger partial charge in [0.05, 0.1) is 15.5 Å². The van der Waals surface area contributed by atoms with Gasteiger partial charge in [-0.25, -0.2) is 8.42 Å². The van der Waals surface area contributed by atoms with Crippen LogP contribution in [0.4, 0.5) is 11.4 Å². The molecule has 6 heteroatoms. The SMILES string of the molecule is C=CN1CCN(c2ccc(S(=O)(=O)c3ccccc3)c(N)c2)CC1. The monoisotopic (exact) mass is 343 g/mol. The van der Waals surface area contributed by atoms with Crippen LogP contribution < -0.4 is 10.6 Å². The number of nitrogens with zero attached hydrogens (tertiary/aromatic N) is 2. The van der Waals surface area contributed by atoms with E-state index in [4.69, 9.17) is 5.73 Å². The van der Waals surface area contributed by atoms with E-state index in [1.165, 1.54) is 0 Å². The fourth-order valence-corrected chi connectivity index (χ4v) is 4.25. The molecule has 5 nitrogen and oxygen atoms in total. The third-order valence-corrected chi connectivity index (χ3v) is 6.12. The predicted molar refractivity (Wildman–Crippen MR) is 96.7 cm³/mol. The van der Waals surface area contributed by atoms with E-state index in [9.17, 15) is 8.42 Å². The highest BCUT2D eigenvalue weighted by atomic mass is 32.2. The van der Waals surface area contributed by atoms with Gasteiger partial charge in [0.15, 0.2) is 0 Å². The lowest BCUT2D eigenvalue weighted by Crippen LogP contribution is -2.44. The van der Waals surface area contributed by atoms with Gasteiger partial charge in [-0.15, -0.1) is 0 Å². The van der Waals surface area contributed by atoms with Crippen LogP contribution in [0.3, 0.4) is 0 Å². The number of sulfone groups is 1. The number of nitrogens with two attached hydrogens (primary N) is 1. The summed E-state index contributed by atoms with van der Waals surface area (Å²) in [5, 5.41) is 0. The topological polar surface area (TPSA) is 66.6 Å². The molecule has 1 heterocycles. The molecule has 2 aromatic rings. The third-order valence-electron chi connectivity index (χ3n) is 4.27. The summed E-state index contributed by atoms with van der Waals surface area (Å²) in [5.74, 6) is 0. The number of hydrogen-bond donors (Lipinski definition) is 1. The molecule has 0 bridgehead atoms. The highest BCUT2D eigenvalue weighted by Crippen LogP contribution is 2.29. The van der Waals surface area contributed by atoms with Crippen LogP contribution in [0.5, 0.6) is 0 Å². The maximum atomic E-state index is 12.7. The van der Waals surface area contributed by atoms with Gasteiger partial charge in [0.2, 0.25) is 9.84 Å². The fourth-order valence-electron chi connectivity index (χ4n) is 2.87. The van der Waals surface area contributed by atoms with Crippen LogP contribution in [0.25, 0.3) is 0 Å². The number of piperazine rings is 1. The molecule has 0 saturated carbocycles. The molecule has 2 N–H and O–H groups in total. The van der Waals surface area contributed by atoms with Crippen LogP contribution in [0.2, 0.25) is 0 Å². The van der Waals surface area contributed by atoms with Crippen molar-refractivity contribution < 1.29 is 8.42 Å². The Balaban J connectivity index is 1.87. The quantitative estimate of drug-likeness (QED) is 0.863. The van der Waals surface area contributed by atoms with Gasteiger partial charge in [-0.1, -0.05) is 24.8 Å². The Morgan fingerprint density at radius 1 is 1.00 bits per heavy atom. The van der Waals surface area contributed by atoms with Gasteiger partial charge in [0.1, 0.15) is 0 Å². The Kier molecular flexibility index (Phi) is 4.49. The second-order valence-electron chi connectivity index (χ2n) is 5.74. The summed E-state index contributed by atoms with van der Waals surface area (Å²) in [4.78, 5) is 4.77. The van der Waals surface area contributed by atoms with Crippen LogP contribution in [0.1, 0.15) is 0 Å². The summed E-state index contributed by atoms with van der Waals surface area (Å²) in [7, 11) is -3.59. The van der Waals surface area contributed by atoms with E-state index in [1.54, 1.807) is 42.5 Å². The Bertz CT molecular complexity index is 827. The zero-order chi connectivity index (χ0) is 17.2. The summed E-state index contributed by atoms with van der Waals surface area (Å²) >= 11 is 0. The summed E-state index contributed by atoms with van der Waals surface area (Å²) in [6, 6.07) is 13.5. The maximum absolute atomic E-state index is 12.7. The average molecular weight is 343 g/mol. The molecule has 126 valence electrons. The molecule has 0 unspecified atom stereocenters. The second-order valence-corrected chi connectivity index (χ2v) is 7.66. The van der Waals surface area contributed by atoms with E-state index >= 15 is 0 Å². The van der Waals surface area contributed by atoms with E-state index in [0.717, 1.165) is 31.9 Å². The van der Waals surface area contributed by atoms with Crippen LogP contribution in [-0.4, -0.2) is 39.5 Å². The van der Waals surface area contributed by atoms with Crippen LogP contribution >= 0.6 is 0 Å². The fraction of sp³-hybridized carbons (Fsp3) is 0.222. The Morgan fingerprint density at radius 2 is 1.67 bits per heavy atom. The number of benzene rings is 2. The zero-order valence-corrected chi connectivity index (χ0v) is 14.2. The highest BCUT2D eigenvalue weighted by molar-refractivity contribution is 7.91. The lowest BCUT2D eigenvalue weighted by atomic mass is 10.2. The molecule has 0 atom stereocenters. The van der Waals surface area contributed by atoms with E-state index in [2.05, 4.69) is 16.4 Å². The van der Waals surface area contributed by atoms with E-state index < -0.39 is 9.84 Å². The Labute approximate surface area is 142 Å². The molecular formula is C18H21N3O2S. The summed E-state index contributed by atoms with van der Waals surface area (Å²) in [6.45, 7) is 7.29. The van der Waals surface area contributed by atoms with Crippen LogP contribution in [0, 0.1) is 0 Å². The van der Waals surface area contributed by atoms with E-state index in [1.807, 2.05) is 12.3 Å². The molecule has 24 heavy (non-hydrogen) atoms. The van der Waals surface area contributed by atoms with Crippen molar-refractivity contribution in [2.75, 3.05) is 36.8 Å². The predicted octanol–water partition coefficient (Wildman–Crippen LogP) is 2.37. The molecule has 1 aliphatic rings. The van der Waals surface area contributed by atoms with Crippen molar-refractivity contribution in [2.45, 2.75) is 9.79 Å². The molecule has 2 aromatic carbocycles. The molecule has 0 aromatic heterocycles. The van der Waals surface area contributed by atoms with Gasteiger partial charge in [-0.3, -0.25) is 0 Å². The third kappa shape index (κ3) is 3.10. The van der Waals surface area contributed by atoms with Crippen LogP contribution in [-0.2, 0) is 9.84 Å². The largest absolute Gasteiger partial charge is 0.398 e. The molecule has 1 fully saturated rings. The lowest BCUT2D eigenvalue weighted by molar-refractivity contribution is 0.350. The molecular weight excluding hydrogens is 322 g/mol. The van der Waals surface area contributed by atoms with Gasteiger partial charge < -0.3 is 15.5 Å². The Hall–Kier alpha value is -2.47. The Morgan fingerprint density at radius 3 is 2.25 bits per heavy atom. The van der Waals surface area contributed by atoms with E-state index in [0.29, 0.717) is 0 Å². The van der Waals surface area contributed by atoms with Crippen LogP contribution in [0.15, 0.2) is 71.1 Å². The van der Waals surface area contributed by atoms with Crippen molar-refractivity contribution in [3.8, 4) is 0 Å². The standard InChI is InChI=1S/C18H21N3O2S/c1-2-20-10-12-21(13-11-20)15-8-9-18(17(19)14-15)24(22,23)16-6-4-3-5-7-16/h2-9,14H,1,10-13,19H2. The van der Waals surface area contributed by atoms with Gasteiger partial charge >= 0.3 is 0 Å². The summed E-state index contributed by atoms with van der Waals surface area (Å²) in [5.41, 5.74) is 7.30. The molecule has 0 aliphatic carbocycles. The minimum atomic E-state index is -3.59. The number of hydrogen-bond acceptors (Lipinski definition) is 5. The number of rotatable bonds is 4. The number of nitrogen functional groups attached to an aromatic ring is 1. The van der Waals surface area contributed by atoms with E-state index in [-0.39, 0.29) is 15.5 Å². The van der Waals surface area contributed by atoms with Gasteiger partial charge in [-0.2, -0.15) is 0 Å². The van der Waals surface area contributed by atoms with Gasteiger partial charge in [0.25, 0.3) is 0 Å². The van der Waals surface area contributed by atoms with Gasteiger partial charge in [-0.05, 0) is 36.5 Å². The van der Waals surface area contributed by atoms with Crippen molar-refractivity contribution in [3.05, 3.63) is 61.3 Å². The van der Waals surface area contributed by atoms with Gasteiger partial charge in [0, 0.05) is 31.9 Å². The second kappa shape index (κ2) is 6.57. The first-order valence-electron chi connectivity index (χ1n) is 7.83. The number of anilines is 2. The summed E-state index contributed by atoms with van der Waals surface area (Å²) < 4.78 is 25.4. The van der Waals surface area contributed by atoms with Crippen molar-refractivity contribution in [3.63, 3.8) is 0 Å². The van der Waals surface area contributed by atoms with Crippen molar-refractivity contribution in [1.82, 2.24) is 4.90 Å². The van der Waals surface area contributed by atoms with Crippen molar-refractivity contribution in [2.24, 2.45) is 0 Å². The minimum Gasteiger partial charge on any atom is -0.398 e. The van der Waals surface area contributed by atoms with Crippen molar-refractivity contribution >= 4 is 21.2 Å². The molecule has 0 amide bonds. The normalized spacial score (nSPS) is 15.3. The molecule has 3 rings (SSSR count). The minimum absolute atomic E-state index is 0.155. The maximum Gasteiger partial charge on any atom is 0.208 e. The first-order valence-corrected chi connectivity index (χ1v) is 9.32. The van der Waals surface area contributed by atoms with Crippen molar-refractivity contribution in [1.29, 1.82) is 0 Å². The molecule has 0 radical (unpaired) electrons. The smallest absolute Gasteiger partial charge is 0.208 e. The molecule has 1 saturated heterocycles. The molecule has 0 spiro atoms. The average Bonchev–Trinajstić information content (AvgIpc) is 2.62. The lowest BCUT2D eigenvalue weighted by Gasteiger charge is -2.35. The first kappa shape index (κ1) is 16.4.